The molecule has 1 fully saturated rings. The minimum absolute atomic E-state index is 0.239. The third kappa shape index (κ3) is 4.52. The van der Waals surface area contributed by atoms with Crippen LogP contribution in [-0.4, -0.2) is 24.7 Å². The number of carbonyl (C=O) groups is 1. The van der Waals surface area contributed by atoms with Crippen LogP contribution in [0, 0.1) is 0 Å². The van der Waals surface area contributed by atoms with Crippen LogP contribution in [-0.2, 0) is 11.2 Å². The Morgan fingerprint density at radius 3 is 2.26 bits per heavy atom. The first-order valence-electron chi connectivity index (χ1n) is 11.0. The van der Waals surface area contributed by atoms with Crippen LogP contribution in [0.25, 0.3) is 6.08 Å². The minimum atomic E-state index is -0.239. The summed E-state index contributed by atoms with van der Waals surface area (Å²) in [5, 5.41) is 0.845. The quantitative estimate of drug-likeness (QED) is 0.278. The van der Waals surface area contributed by atoms with E-state index in [9.17, 15) is 4.79 Å². The Kier molecular flexibility index (Phi) is 7.20. The first-order valence-corrected chi connectivity index (χ1v) is 11.8. The monoisotopic (exact) mass is 492 g/mol. The van der Waals surface area contributed by atoms with Gasteiger partial charge in [-0.1, -0.05) is 48.9 Å². The summed E-state index contributed by atoms with van der Waals surface area (Å²) in [4.78, 5) is 17.1. The number of hydrogen-bond acceptors (Lipinski definition) is 4. The summed E-state index contributed by atoms with van der Waals surface area (Å²) >= 11 is 12.2. The minimum Gasteiger partial charge on any atom is -0.493 e. The van der Waals surface area contributed by atoms with Gasteiger partial charge in [0.2, 0.25) is 0 Å². The van der Waals surface area contributed by atoms with E-state index in [2.05, 4.69) is 6.92 Å². The van der Waals surface area contributed by atoms with Gasteiger partial charge in [0.15, 0.2) is 16.6 Å². The van der Waals surface area contributed by atoms with Gasteiger partial charge in [0, 0.05) is 22.3 Å². The summed E-state index contributed by atoms with van der Waals surface area (Å²) < 4.78 is 11.4. The number of benzene rings is 3. The van der Waals surface area contributed by atoms with E-state index in [0.717, 1.165) is 12.1 Å². The van der Waals surface area contributed by atoms with Gasteiger partial charge in [-0.3, -0.25) is 14.6 Å². The predicted octanol–water partition coefficient (Wildman–Crippen LogP) is 6.49. The highest BCUT2D eigenvalue weighted by Crippen LogP contribution is 2.39. The molecule has 1 saturated heterocycles. The van der Waals surface area contributed by atoms with Gasteiger partial charge >= 0.3 is 0 Å². The van der Waals surface area contributed by atoms with Crippen LogP contribution in [0.5, 0.6) is 11.5 Å². The molecule has 1 aliphatic heterocycles. The molecule has 3 aromatic carbocycles. The molecule has 0 spiro atoms. The van der Waals surface area contributed by atoms with Gasteiger partial charge in [0.1, 0.15) is 5.70 Å². The van der Waals surface area contributed by atoms with Crippen molar-refractivity contribution in [2.75, 3.05) is 23.5 Å². The zero-order valence-corrected chi connectivity index (χ0v) is 20.8. The van der Waals surface area contributed by atoms with Gasteiger partial charge in [-0.05, 0) is 67.5 Å². The third-order valence-electron chi connectivity index (χ3n) is 5.51. The number of halogens is 1. The van der Waals surface area contributed by atoms with E-state index >= 15 is 0 Å². The summed E-state index contributed by atoms with van der Waals surface area (Å²) in [5.41, 5.74) is 3.71. The van der Waals surface area contributed by atoms with Crippen molar-refractivity contribution in [3.8, 4) is 11.5 Å². The highest BCUT2D eigenvalue weighted by atomic mass is 35.5. The Labute approximate surface area is 210 Å². The number of amides is 1. The maximum absolute atomic E-state index is 13.8. The second-order valence-electron chi connectivity index (χ2n) is 7.60. The lowest BCUT2D eigenvalue weighted by Crippen LogP contribution is -2.32. The molecule has 34 heavy (non-hydrogen) atoms. The highest BCUT2D eigenvalue weighted by molar-refractivity contribution is 7.81. The molecular formula is C27H25ClN2O3S. The number of hydrogen-bond donors (Lipinski definition) is 0. The molecule has 0 bridgehead atoms. The second-order valence-corrected chi connectivity index (χ2v) is 8.40. The van der Waals surface area contributed by atoms with Crippen molar-refractivity contribution < 1.29 is 14.3 Å². The SMILES string of the molecule is CCOc1c(C=C2C(=O)N(c3ccccc3)C(=S)N2c2ccc(CC)cc2)cc(Cl)cc1OC. The van der Waals surface area contributed by atoms with Crippen LogP contribution in [0.1, 0.15) is 25.0 Å². The number of nitrogens with zero attached hydrogens (tertiary/aromatic N) is 2. The number of para-hydroxylation sites is 1. The summed E-state index contributed by atoms with van der Waals surface area (Å²) in [6, 6.07) is 20.8. The summed E-state index contributed by atoms with van der Waals surface area (Å²) in [5.74, 6) is 0.769. The zero-order chi connectivity index (χ0) is 24.2. The fourth-order valence-electron chi connectivity index (χ4n) is 3.86. The Morgan fingerprint density at radius 1 is 0.971 bits per heavy atom. The number of methoxy groups -OCH3 is 1. The van der Waals surface area contributed by atoms with Crippen LogP contribution in [0.3, 0.4) is 0 Å². The second kappa shape index (κ2) is 10.3. The van der Waals surface area contributed by atoms with E-state index in [1.54, 1.807) is 30.2 Å². The third-order valence-corrected chi connectivity index (χ3v) is 6.10. The molecule has 7 heteroatoms. The Hall–Kier alpha value is -3.35. The van der Waals surface area contributed by atoms with Crippen molar-refractivity contribution in [2.24, 2.45) is 0 Å². The molecule has 5 nitrogen and oxygen atoms in total. The maximum atomic E-state index is 13.8. The molecule has 1 amide bonds. The molecule has 1 heterocycles. The molecule has 0 aromatic heterocycles. The standard InChI is InChI=1S/C27H25ClN2O3S/c1-4-18-11-13-22(14-12-18)29-23(26(31)30(27(29)34)21-9-7-6-8-10-21)16-19-15-20(28)17-24(32-3)25(19)33-5-2/h6-17H,4-5H2,1-3H3. The van der Waals surface area contributed by atoms with Crippen molar-refractivity contribution in [3.05, 3.63) is 88.6 Å². The number of carbonyl (C=O) groups excluding carboxylic acids is 1. The molecule has 1 aliphatic rings. The molecule has 0 radical (unpaired) electrons. The number of anilines is 2. The molecule has 0 saturated carbocycles. The molecule has 0 aliphatic carbocycles. The van der Waals surface area contributed by atoms with E-state index in [4.69, 9.17) is 33.3 Å². The summed E-state index contributed by atoms with van der Waals surface area (Å²) in [6.45, 7) is 4.42. The molecule has 0 atom stereocenters. The van der Waals surface area contributed by atoms with E-state index < -0.39 is 0 Å². The topological polar surface area (TPSA) is 42.0 Å². The fraction of sp³-hybridized carbons (Fsp3) is 0.185. The van der Waals surface area contributed by atoms with E-state index in [1.807, 2.05) is 61.5 Å². The van der Waals surface area contributed by atoms with Gasteiger partial charge in [0.25, 0.3) is 5.91 Å². The lowest BCUT2D eigenvalue weighted by molar-refractivity contribution is -0.113. The van der Waals surface area contributed by atoms with Gasteiger partial charge < -0.3 is 9.47 Å². The van der Waals surface area contributed by atoms with Crippen LogP contribution >= 0.6 is 23.8 Å². The van der Waals surface area contributed by atoms with E-state index in [0.29, 0.717) is 45.2 Å². The van der Waals surface area contributed by atoms with Gasteiger partial charge in [-0.2, -0.15) is 0 Å². The van der Waals surface area contributed by atoms with Crippen molar-refractivity contribution in [1.29, 1.82) is 0 Å². The number of ether oxygens (including phenoxy) is 2. The van der Waals surface area contributed by atoms with Crippen LogP contribution in [0.2, 0.25) is 5.02 Å². The Bertz CT molecular complexity index is 1240. The summed E-state index contributed by atoms with van der Waals surface area (Å²) in [6.07, 6.45) is 2.67. The number of aryl methyl sites for hydroxylation is 1. The van der Waals surface area contributed by atoms with Crippen molar-refractivity contribution in [3.63, 3.8) is 0 Å². The van der Waals surface area contributed by atoms with Gasteiger partial charge in [0.05, 0.1) is 19.4 Å². The molecular weight excluding hydrogens is 468 g/mol. The Balaban J connectivity index is 1.90. The molecule has 174 valence electrons. The van der Waals surface area contributed by atoms with Crippen LogP contribution in [0.4, 0.5) is 11.4 Å². The molecule has 0 N–H and O–H groups in total. The lowest BCUT2D eigenvalue weighted by Gasteiger charge is -2.21. The van der Waals surface area contributed by atoms with Crippen molar-refractivity contribution in [1.82, 2.24) is 0 Å². The predicted molar refractivity (Wildman–Crippen MR) is 142 cm³/mol. The summed E-state index contributed by atoms with van der Waals surface area (Å²) in [7, 11) is 1.56. The number of thiocarbonyl (C=S) groups is 1. The van der Waals surface area contributed by atoms with Crippen LogP contribution in [0.15, 0.2) is 72.4 Å². The first kappa shape index (κ1) is 23.8. The number of rotatable bonds is 7. The molecule has 0 unspecified atom stereocenters. The van der Waals surface area contributed by atoms with Crippen LogP contribution < -0.4 is 19.3 Å². The van der Waals surface area contributed by atoms with E-state index in [1.165, 1.54) is 10.5 Å². The zero-order valence-electron chi connectivity index (χ0n) is 19.2. The Morgan fingerprint density at radius 2 is 1.65 bits per heavy atom. The largest absolute Gasteiger partial charge is 0.493 e. The van der Waals surface area contributed by atoms with E-state index in [-0.39, 0.29) is 5.91 Å². The first-order chi connectivity index (χ1) is 16.5. The lowest BCUT2D eigenvalue weighted by atomic mass is 10.1. The smallest absolute Gasteiger partial charge is 0.281 e. The van der Waals surface area contributed by atoms with Gasteiger partial charge in [-0.25, -0.2) is 0 Å². The molecule has 3 aromatic rings. The normalized spacial score (nSPS) is 14.8. The highest BCUT2D eigenvalue weighted by Gasteiger charge is 2.40. The van der Waals surface area contributed by atoms with Crippen molar-refractivity contribution in [2.45, 2.75) is 20.3 Å². The molecule has 4 rings (SSSR count). The average Bonchev–Trinajstić information content (AvgIpc) is 3.10. The van der Waals surface area contributed by atoms with Crippen molar-refractivity contribution >= 4 is 52.3 Å². The average molecular weight is 493 g/mol. The fourth-order valence-corrected chi connectivity index (χ4v) is 4.46. The van der Waals surface area contributed by atoms with Gasteiger partial charge in [-0.15, -0.1) is 0 Å². The maximum Gasteiger partial charge on any atom is 0.281 e.